The van der Waals surface area contributed by atoms with Gasteiger partial charge in [0.25, 0.3) is 0 Å². The zero-order valence-electron chi connectivity index (χ0n) is 7.14. The van der Waals surface area contributed by atoms with Gasteiger partial charge < -0.3 is 0 Å². The van der Waals surface area contributed by atoms with Crippen LogP contribution in [0, 0.1) is 23.7 Å². The summed E-state index contributed by atoms with van der Waals surface area (Å²) in [6, 6.07) is 0. The molecule has 0 heterocycles. The van der Waals surface area contributed by atoms with Crippen molar-refractivity contribution in [3.8, 4) is 0 Å². The van der Waals surface area contributed by atoms with E-state index in [2.05, 4.69) is 13.8 Å². The Labute approximate surface area is 64.0 Å². The molecule has 0 spiro atoms. The van der Waals surface area contributed by atoms with E-state index < -0.39 is 0 Å². The SMILES string of the molecule is CC(C)[C@@H]1CCC[C@H]2C[C@H]21. The summed E-state index contributed by atoms with van der Waals surface area (Å²) >= 11 is 0. The van der Waals surface area contributed by atoms with Gasteiger partial charge in [-0.1, -0.05) is 26.7 Å². The van der Waals surface area contributed by atoms with Gasteiger partial charge in [-0.2, -0.15) is 0 Å². The Bertz CT molecular complexity index is 126. The van der Waals surface area contributed by atoms with Gasteiger partial charge in [-0.25, -0.2) is 0 Å². The molecule has 58 valence electrons. The van der Waals surface area contributed by atoms with Crippen LogP contribution in [0.15, 0.2) is 0 Å². The Morgan fingerprint density at radius 2 is 2.00 bits per heavy atom. The molecule has 0 aliphatic heterocycles. The summed E-state index contributed by atoms with van der Waals surface area (Å²) in [5.74, 6) is 4.38. The van der Waals surface area contributed by atoms with Gasteiger partial charge in [0.15, 0.2) is 0 Å². The summed E-state index contributed by atoms with van der Waals surface area (Å²) in [5, 5.41) is 0. The molecule has 0 radical (unpaired) electrons. The minimum Gasteiger partial charge on any atom is -0.0625 e. The molecule has 2 aliphatic carbocycles. The first kappa shape index (κ1) is 6.69. The van der Waals surface area contributed by atoms with Gasteiger partial charge in [0.2, 0.25) is 0 Å². The number of hydrogen-bond donors (Lipinski definition) is 0. The molecular formula is C10H18. The second-order valence-electron chi connectivity index (χ2n) is 4.50. The minimum atomic E-state index is 0.954. The zero-order valence-corrected chi connectivity index (χ0v) is 7.14. The van der Waals surface area contributed by atoms with Gasteiger partial charge >= 0.3 is 0 Å². The summed E-state index contributed by atoms with van der Waals surface area (Å²) in [6.07, 6.45) is 6.17. The van der Waals surface area contributed by atoms with E-state index in [-0.39, 0.29) is 0 Å². The van der Waals surface area contributed by atoms with Gasteiger partial charge in [0.05, 0.1) is 0 Å². The molecular weight excluding hydrogens is 120 g/mol. The largest absolute Gasteiger partial charge is 0.0625 e. The van der Waals surface area contributed by atoms with E-state index in [9.17, 15) is 0 Å². The van der Waals surface area contributed by atoms with Crippen molar-refractivity contribution in [2.45, 2.75) is 39.5 Å². The van der Waals surface area contributed by atoms with Crippen molar-refractivity contribution < 1.29 is 0 Å². The molecule has 0 nitrogen and oxygen atoms in total. The molecule has 10 heavy (non-hydrogen) atoms. The second-order valence-corrected chi connectivity index (χ2v) is 4.50. The Kier molecular flexibility index (Phi) is 1.51. The van der Waals surface area contributed by atoms with Gasteiger partial charge in [0.1, 0.15) is 0 Å². The molecule has 0 saturated heterocycles. The Balaban J connectivity index is 1.96. The third kappa shape index (κ3) is 0.980. The van der Waals surface area contributed by atoms with Crippen molar-refractivity contribution in [2.75, 3.05) is 0 Å². The van der Waals surface area contributed by atoms with Gasteiger partial charge in [-0.15, -0.1) is 0 Å². The fourth-order valence-electron chi connectivity index (χ4n) is 2.78. The smallest absolute Gasteiger partial charge is 0.0352 e. The van der Waals surface area contributed by atoms with Crippen LogP contribution in [-0.4, -0.2) is 0 Å². The van der Waals surface area contributed by atoms with Crippen molar-refractivity contribution in [2.24, 2.45) is 23.7 Å². The maximum Gasteiger partial charge on any atom is -0.0352 e. The van der Waals surface area contributed by atoms with E-state index >= 15 is 0 Å². The predicted octanol–water partition coefficient (Wildman–Crippen LogP) is 3.08. The Hall–Kier alpha value is 0. The average molecular weight is 138 g/mol. The molecule has 2 aliphatic rings. The topological polar surface area (TPSA) is 0 Å². The summed E-state index contributed by atoms with van der Waals surface area (Å²) in [5.41, 5.74) is 0. The Morgan fingerprint density at radius 3 is 2.60 bits per heavy atom. The van der Waals surface area contributed by atoms with Crippen molar-refractivity contribution in [3.05, 3.63) is 0 Å². The lowest BCUT2D eigenvalue weighted by Gasteiger charge is -2.24. The highest BCUT2D eigenvalue weighted by molar-refractivity contribution is 4.95. The third-order valence-corrected chi connectivity index (χ3v) is 3.50. The standard InChI is InChI=1S/C10H18/c1-7(2)9-5-3-4-8-6-10(8)9/h7-10H,3-6H2,1-2H3/t8-,9-,10+/m0/s1. The quantitative estimate of drug-likeness (QED) is 0.522. The number of fused-ring (bicyclic) bond motifs is 1. The molecule has 2 rings (SSSR count). The highest BCUT2D eigenvalue weighted by Gasteiger charge is 2.45. The van der Waals surface area contributed by atoms with Crippen molar-refractivity contribution >= 4 is 0 Å². The lowest BCUT2D eigenvalue weighted by Crippen LogP contribution is -2.15. The van der Waals surface area contributed by atoms with Gasteiger partial charge in [-0.05, 0) is 36.5 Å². The highest BCUT2D eigenvalue weighted by atomic mass is 14.5. The molecule has 2 saturated carbocycles. The highest BCUT2D eigenvalue weighted by Crippen LogP contribution is 2.54. The number of hydrogen-bond acceptors (Lipinski definition) is 0. The molecule has 0 heteroatoms. The van der Waals surface area contributed by atoms with E-state index in [1.807, 2.05) is 0 Å². The molecule has 0 unspecified atom stereocenters. The zero-order chi connectivity index (χ0) is 7.14. The summed E-state index contributed by atoms with van der Waals surface area (Å²) in [6.45, 7) is 4.79. The monoisotopic (exact) mass is 138 g/mol. The van der Waals surface area contributed by atoms with Crippen LogP contribution in [0.3, 0.4) is 0 Å². The molecule has 0 aromatic carbocycles. The predicted molar refractivity (Wildman–Crippen MR) is 43.8 cm³/mol. The van der Waals surface area contributed by atoms with Gasteiger partial charge in [0, 0.05) is 0 Å². The van der Waals surface area contributed by atoms with Crippen LogP contribution in [0.4, 0.5) is 0 Å². The van der Waals surface area contributed by atoms with Crippen LogP contribution >= 0.6 is 0 Å². The molecule has 0 N–H and O–H groups in total. The first-order chi connectivity index (χ1) is 4.79. The van der Waals surface area contributed by atoms with Crippen LogP contribution in [0.2, 0.25) is 0 Å². The molecule has 0 aromatic rings. The fourth-order valence-corrected chi connectivity index (χ4v) is 2.78. The van der Waals surface area contributed by atoms with Crippen LogP contribution < -0.4 is 0 Å². The first-order valence-corrected chi connectivity index (χ1v) is 4.79. The first-order valence-electron chi connectivity index (χ1n) is 4.79. The van der Waals surface area contributed by atoms with E-state index in [4.69, 9.17) is 0 Å². The van der Waals surface area contributed by atoms with E-state index in [1.54, 1.807) is 12.8 Å². The average Bonchev–Trinajstić information content (AvgIpc) is 2.63. The normalized spacial score (nSPS) is 45.3. The summed E-state index contributed by atoms with van der Waals surface area (Å²) in [7, 11) is 0. The molecule has 0 amide bonds. The third-order valence-electron chi connectivity index (χ3n) is 3.50. The van der Waals surface area contributed by atoms with E-state index in [0.717, 1.165) is 17.8 Å². The Morgan fingerprint density at radius 1 is 1.20 bits per heavy atom. The van der Waals surface area contributed by atoms with Crippen LogP contribution in [-0.2, 0) is 0 Å². The van der Waals surface area contributed by atoms with Crippen molar-refractivity contribution in [1.82, 2.24) is 0 Å². The van der Waals surface area contributed by atoms with Crippen molar-refractivity contribution in [3.63, 3.8) is 0 Å². The van der Waals surface area contributed by atoms with E-state index in [1.165, 1.54) is 18.8 Å². The van der Waals surface area contributed by atoms with Crippen LogP contribution in [0.5, 0.6) is 0 Å². The molecule has 0 aromatic heterocycles. The lowest BCUT2D eigenvalue weighted by atomic mass is 9.81. The number of rotatable bonds is 1. The summed E-state index contributed by atoms with van der Waals surface area (Å²) in [4.78, 5) is 0. The van der Waals surface area contributed by atoms with Crippen molar-refractivity contribution in [1.29, 1.82) is 0 Å². The van der Waals surface area contributed by atoms with Crippen LogP contribution in [0.1, 0.15) is 39.5 Å². The molecule has 2 fully saturated rings. The summed E-state index contributed by atoms with van der Waals surface area (Å²) < 4.78 is 0. The maximum absolute atomic E-state index is 2.39. The fraction of sp³-hybridized carbons (Fsp3) is 1.00. The molecule has 0 bridgehead atoms. The minimum absolute atomic E-state index is 0.954. The van der Waals surface area contributed by atoms with Gasteiger partial charge in [-0.3, -0.25) is 0 Å². The van der Waals surface area contributed by atoms with E-state index in [0.29, 0.717) is 0 Å². The molecule has 3 atom stereocenters. The lowest BCUT2D eigenvalue weighted by molar-refractivity contribution is 0.259. The maximum atomic E-state index is 2.39. The van der Waals surface area contributed by atoms with Crippen LogP contribution in [0.25, 0.3) is 0 Å². The second kappa shape index (κ2) is 2.25.